The second-order valence-corrected chi connectivity index (χ2v) is 7.93. The predicted molar refractivity (Wildman–Crippen MR) is 93.0 cm³/mol. The number of nitrogens with zero attached hydrogens (tertiary/aromatic N) is 2. The van der Waals surface area contributed by atoms with Gasteiger partial charge in [0.1, 0.15) is 17.5 Å². The fourth-order valence-corrected chi connectivity index (χ4v) is 3.64. The molecule has 3 aromatic rings. The van der Waals surface area contributed by atoms with Gasteiger partial charge in [-0.2, -0.15) is 0 Å². The van der Waals surface area contributed by atoms with Crippen LogP contribution in [0.2, 0.25) is 0 Å². The molecule has 0 spiro atoms. The van der Waals surface area contributed by atoms with Gasteiger partial charge >= 0.3 is 0 Å². The smallest absolute Gasteiger partial charge is 0.267 e. The van der Waals surface area contributed by atoms with Crippen molar-refractivity contribution in [2.24, 2.45) is 5.73 Å². The average Bonchev–Trinajstić information content (AvgIpc) is 2.52. The second kappa shape index (κ2) is 6.26. The summed E-state index contributed by atoms with van der Waals surface area (Å²) in [6.07, 6.45) is 0.965. The molecule has 3 rings (SSSR count). The normalized spacial score (nSPS) is 13.1. The van der Waals surface area contributed by atoms with Crippen LogP contribution in [0.3, 0.4) is 0 Å². The first kappa shape index (κ1) is 18.2. The Balaban J connectivity index is 2.54. The van der Waals surface area contributed by atoms with Crippen LogP contribution in [0.25, 0.3) is 16.6 Å². The topological polar surface area (TPSA) is 95.1 Å². The Labute approximate surface area is 147 Å². The van der Waals surface area contributed by atoms with Gasteiger partial charge in [0.25, 0.3) is 5.56 Å². The van der Waals surface area contributed by atoms with Crippen molar-refractivity contribution < 1.29 is 17.2 Å². The third-order valence-electron chi connectivity index (χ3n) is 3.80. The van der Waals surface area contributed by atoms with Crippen LogP contribution in [0.4, 0.5) is 8.78 Å². The van der Waals surface area contributed by atoms with Crippen molar-refractivity contribution in [1.29, 1.82) is 0 Å². The number of hydrogen-bond donors (Lipinski definition) is 1. The molecule has 0 unspecified atom stereocenters. The lowest BCUT2D eigenvalue weighted by Gasteiger charge is -2.17. The molecule has 0 aliphatic heterocycles. The number of sulfone groups is 1. The summed E-state index contributed by atoms with van der Waals surface area (Å²) in [5.41, 5.74) is 5.12. The maximum atomic E-state index is 13.7. The molecule has 0 radical (unpaired) electrons. The highest BCUT2D eigenvalue weighted by molar-refractivity contribution is 7.91. The summed E-state index contributed by atoms with van der Waals surface area (Å²) < 4.78 is 52.4. The van der Waals surface area contributed by atoms with Gasteiger partial charge in [0.15, 0.2) is 9.84 Å². The lowest BCUT2D eigenvalue weighted by atomic mass is 10.2. The Morgan fingerprint density at radius 1 is 1.15 bits per heavy atom. The fraction of sp³-hybridized carbons (Fsp3) is 0.176. The molecule has 0 aliphatic carbocycles. The Hall–Kier alpha value is -2.65. The van der Waals surface area contributed by atoms with E-state index in [1.165, 1.54) is 18.2 Å². The Bertz CT molecular complexity index is 1170. The molecule has 0 bridgehead atoms. The molecule has 0 fully saturated rings. The lowest BCUT2D eigenvalue weighted by molar-refractivity contribution is 0.579. The molecule has 0 saturated carbocycles. The minimum absolute atomic E-state index is 0.0538. The van der Waals surface area contributed by atoms with E-state index >= 15 is 0 Å². The van der Waals surface area contributed by atoms with Crippen LogP contribution < -0.4 is 11.3 Å². The number of aromatic nitrogens is 2. The summed E-state index contributed by atoms with van der Waals surface area (Å²) >= 11 is 0. The van der Waals surface area contributed by atoms with Crippen molar-refractivity contribution in [3.8, 4) is 5.69 Å². The van der Waals surface area contributed by atoms with Gasteiger partial charge in [-0.15, -0.1) is 0 Å². The number of nitrogens with two attached hydrogens (primary N) is 1. The molecule has 1 aromatic heterocycles. The Morgan fingerprint density at radius 3 is 2.31 bits per heavy atom. The van der Waals surface area contributed by atoms with Crippen LogP contribution in [0, 0.1) is 11.6 Å². The molecular formula is C17H15F2N3O3S. The molecular weight excluding hydrogens is 364 g/mol. The van der Waals surface area contributed by atoms with Gasteiger partial charge in [-0.1, -0.05) is 6.07 Å². The van der Waals surface area contributed by atoms with Crippen molar-refractivity contribution in [1.82, 2.24) is 9.55 Å². The molecule has 0 saturated heterocycles. The number of halogens is 2. The second-order valence-electron chi connectivity index (χ2n) is 5.95. The zero-order chi connectivity index (χ0) is 19.2. The van der Waals surface area contributed by atoms with E-state index in [0.717, 1.165) is 23.0 Å². The molecule has 6 nitrogen and oxygen atoms in total. The van der Waals surface area contributed by atoms with Crippen LogP contribution in [0.1, 0.15) is 18.8 Å². The minimum atomic E-state index is -3.73. The van der Waals surface area contributed by atoms with E-state index < -0.39 is 33.1 Å². The van der Waals surface area contributed by atoms with Gasteiger partial charge in [-0.05, 0) is 31.2 Å². The quantitative estimate of drug-likeness (QED) is 0.752. The Morgan fingerprint density at radius 2 is 1.77 bits per heavy atom. The summed E-state index contributed by atoms with van der Waals surface area (Å²) in [7, 11) is -3.73. The first-order valence-electron chi connectivity index (χ1n) is 7.57. The number of fused-ring (bicyclic) bond motifs is 1. The van der Waals surface area contributed by atoms with E-state index in [0.29, 0.717) is 6.07 Å². The molecule has 2 N–H and O–H groups in total. The van der Waals surface area contributed by atoms with Crippen LogP contribution in [-0.2, 0) is 9.84 Å². The Kier molecular flexibility index (Phi) is 4.37. The zero-order valence-corrected chi connectivity index (χ0v) is 14.7. The molecule has 26 heavy (non-hydrogen) atoms. The maximum Gasteiger partial charge on any atom is 0.267 e. The number of rotatable bonds is 3. The van der Waals surface area contributed by atoms with Crippen molar-refractivity contribution in [3.05, 3.63) is 64.2 Å². The third-order valence-corrected chi connectivity index (χ3v) is 4.94. The summed E-state index contributed by atoms with van der Waals surface area (Å²) in [6.45, 7) is 1.56. The SMILES string of the molecule is C[C@H](N)c1nc2cccc(S(C)(=O)=O)c2c(=O)n1-c1cc(F)cc(F)c1. The highest BCUT2D eigenvalue weighted by Gasteiger charge is 2.21. The highest BCUT2D eigenvalue weighted by atomic mass is 32.2. The predicted octanol–water partition coefficient (Wildman–Crippen LogP) is 2.09. The number of hydrogen-bond acceptors (Lipinski definition) is 5. The highest BCUT2D eigenvalue weighted by Crippen LogP contribution is 2.22. The van der Waals surface area contributed by atoms with Crippen LogP contribution in [0.15, 0.2) is 46.1 Å². The van der Waals surface area contributed by atoms with Gasteiger partial charge in [0.05, 0.1) is 27.5 Å². The van der Waals surface area contributed by atoms with Crippen molar-refractivity contribution >= 4 is 20.7 Å². The van der Waals surface area contributed by atoms with Crippen molar-refractivity contribution in [2.75, 3.05) is 6.26 Å². The van der Waals surface area contributed by atoms with Crippen molar-refractivity contribution in [3.63, 3.8) is 0 Å². The fourth-order valence-electron chi connectivity index (χ4n) is 2.75. The molecule has 9 heteroatoms. The van der Waals surface area contributed by atoms with Crippen molar-refractivity contribution in [2.45, 2.75) is 17.9 Å². The molecule has 0 aliphatic rings. The third kappa shape index (κ3) is 3.11. The summed E-state index contributed by atoms with van der Waals surface area (Å²) in [4.78, 5) is 17.2. The van der Waals surface area contributed by atoms with Crippen LogP contribution >= 0.6 is 0 Å². The largest absolute Gasteiger partial charge is 0.322 e. The zero-order valence-electron chi connectivity index (χ0n) is 13.9. The van der Waals surface area contributed by atoms with Gasteiger partial charge < -0.3 is 5.73 Å². The van der Waals surface area contributed by atoms with E-state index in [1.807, 2.05) is 0 Å². The monoisotopic (exact) mass is 379 g/mol. The average molecular weight is 379 g/mol. The first-order chi connectivity index (χ1) is 12.1. The molecule has 1 heterocycles. The summed E-state index contributed by atoms with van der Waals surface area (Å²) in [5, 5.41) is -0.163. The number of benzene rings is 2. The van der Waals surface area contributed by atoms with E-state index in [-0.39, 0.29) is 27.3 Å². The molecule has 136 valence electrons. The van der Waals surface area contributed by atoms with E-state index in [1.54, 1.807) is 6.92 Å². The summed E-state index contributed by atoms with van der Waals surface area (Å²) in [5.74, 6) is -1.73. The summed E-state index contributed by atoms with van der Waals surface area (Å²) in [6, 6.07) is 6.04. The molecule has 1 atom stereocenters. The lowest BCUT2D eigenvalue weighted by Crippen LogP contribution is -2.28. The van der Waals surface area contributed by atoms with Gasteiger partial charge in [-0.3, -0.25) is 9.36 Å². The van der Waals surface area contributed by atoms with E-state index in [2.05, 4.69) is 4.98 Å². The van der Waals surface area contributed by atoms with Crippen LogP contribution in [0.5, 0.6) is 0 Å². The first-order valence-corrected chi connectivity index (χ1v) is 9.46. The molecule has 0 amide bonds. The van der Waals surface area contributed by atoms with Gasteiger partial charge in [0.2, 0.25) is 0 Å². The standard InChI is InChI=1S/C17H15F2N3O3S/c1-9(20)16-21-13-4-3-5-14(26(2,24)25)15(13)17(23)22(16)12-7-10(18)6-11(19)8-12/h3-9H,20H2,1-2H3/t9-/m0/s1. The van der Waals surface area contributed by atoms with Crippen LogP contribution in [-0.4, -0.2) is 24.2 Å². The minimum Gasteiger partial charge on any atom is -0.322 e. The molecule has 2 aromatic carbocycles. The van der Waals surface area contributed by atoms with Gasteiger partial charge in [-0.25, -0.2) is 22.2 Å². The van der Waals surface area contributed by atoms with E-state index in [4.69, 9.17) is 5.73 Å². The van der Waals surface area contributed by atoms with Gasteiger partial charge in [0, 0.05) is 12.3 Å². The maximum absolute atomic E-state index is 13.7. The van der Waals surface area contributed by atoms with E-state index in [9.17, 15) is 22.0 Å².